The molecule has 0 aliphatic carbocycles. The molecular formula is C20H27NO2. The Bertz CT molecular complexity index is 635. The molecule has 0 spiro atoms. The van der Waals surface area contributed by atoms with Crippen molar-refractivity contribution in [3.05, 3.63) is 42.0 Å². The minimum atomic E-state index is 0.512. The molecular weight excluding hydrogens is 286 g/mol. The van der Waals surface area contributed by atoms with Gasteiger partial charge in [-0.3, -0.25) is 4.90 Å². The van der Waals surface area contributed by atoms with Gasteiger partial charge in [-0.25, -0.2) is 0 Å². The van der Waals surface area contributed by atoms with Gasteiger partial charge in [-0.05, 0) is 40.8 Å². The number of fused-ring (bicyclic) bond motifs is 1. The summed E-state index contributed by atoms with van der Waals surface area (Å²) < 4.78 is 11.6. The Kier molecular flexibility index (Phi) is 5.52. The zero-order chi connectivity index (χ0) is 16.1. The van der Waals surface area contributed by atoms with Crippen molar-refractivity contribution in [3.63, 3.8) is 0 Å². The van der Waals surface area contributed by atoms with Crippen molar-refractivity contribution in [2.45, 2.75) is 26.2 Å². The van der Waals surface area contributed by atoms with Gasteiger partial charge in [0.15, 0.2) is 0 Å². The predicted octanol–water partition coefficient (Wildman–Crippen LogP) is 4.06. The fourth-order valence-electron chi connectivity index (χ4n) is 3.08. The van der Waals surface area contributed by atoms with E-state index >= 15 is 0 Å². The van der Waals surface area contributed by atoms with E-state index in [1.54, 1.807) is 0 Å². The molecule has 1 heterocycles. The van der Waals surface area contributed by atoms with Gasteiger partial charge in [-0.15, -0.1) is 0 Å². The summed E-state index contributed by atoms with van der Waals surface area (Å²) in [7, 11) is 0. The highest BCUT2D eigenvalue weighted by atomic mass is 16.5. The number of nitrogens with zero attached hydrogens (tertiary/aromatic N) is 1. The van der Waals surface area contributed by atoms with Crippen LogP contribution < -0.4 is 4.74 Å². The van der Waals surface area contributed by atoms with E-state index in [0.29, 0.717) is 5.92 Å². The van der Waals surface area contributed by atoms with Crippen LogP contribution in [0.4, 0.5) is 0 Å². The van der Waals surface area contributed by atoms with E-state index in [0.717, 1.165) is 51.6 Å². The summed E-state index contributed by atoms with van der Waals surface area (Å²) in [4.78, 5) is 2.41. The Morgan fingerprint density at radius 3 is 2.52 bits per heavy atom. The van der Waals surface area contributed by atoms with Crippen molar-refractivity contribution >= 4 is 10.8 Å². The first kappa shape index (κ1) is 16.3. The van der Waals surface area contributed by atoms with Gasteiger partial charge in [0.2, 0.25) is 0 Å². The molecule has 0 N–H and O–H groups in total. The molecule has 2 aromatic carbocycles. The molecule has 3 rings (SSSR count). The average Bonchev–Trinajstić information content (AvgIpc) is 2.61. The van der Waals surface area contributed by atoms with Crippen molar-refractivity contribution in [2.24, 2.45) is 0 Å². The van der Waals surface area contributed by atoms with Gasteiger partial charge < -0.3 is 9.47 Å². The summed E-state index contributed by atoms with van der Waals surface area (Å²) >= 11 is 0. The molecule has 3 heteroatoms. The minimum Gasteiger partial charge on any atom is -0.492 e. The molecule has 0 amide bonds. The lowest BCUT2D eigenvalue weighted by Crippen LogP contribution is -2.38. The number of morpholine rings is 1. The molecule has 23 heavy (non-hydrogen) atoms. The summed E-state index contributed by atoms with van der Waals surface area (Å²) in [5, 5.41) is 2.55. The SMILES string of the molecule is CCC(C)c1cc2ccccc2cc1OCCN1CCOCC1. The summed E-state index contributed by atoms with van der Waals surface area (Å²) in [5.74, 6) is 1.56. The third-order valence-electron chi connectivity index (χ3n) is 4.79. The number of benzene rings is 2. The predicted molar refractivity (Wildman–Crippen MR) is 95.4 cm³/mol. The van der Waals surface area contributed by atoms with Crippen LogP contribution in [-0.2, 0) is 4.74 Å². The first-order valence-corrected chi connectivity index (χ1v) is 8.73. The number of hydrogen-bond donors (Lipinski definition) is 0. The zero-order valence-electron chi connectivity index (χ0n) is 14.3. The van der Waals surface area contributed by atoms with Crippen molar-refractivity contribution in [1.29, 1.82) is 0 Å². The molecule has 1 unspecified atom stereocenters. The molecule has 1 aliphatic rings. The number of ether oxygens (including phenoxy) is 2. The first-order chi connectivity index (χ1) is 11.3. The van der Waals surface area contributed by atoms with Crippen LogP contribution in [0.5, 0.6) is 5.75 Å². The zero-order valence-corrected chi connectivity index (χ0v) is 14.3. The van der Waals surface area contributed by atoms with E-state index < -0.39 is 0 Å². The molecule has 3 nitrogen and oxygen atoms in total. The van der Waals surface area contributed by atoms with Crippen molar-refractivity contribution in [3.8, 4) is 5.75 Å². The second kappa shape index (κ2) is 7.80. The first-order valence-electron chi connectivity index (χ1n) is 8.73. The standard InChI is InChI=1S/C20H27NO2/c1-3-16(2)19-14-17-6-4-5-7-18(17)15-20(19)23-13-10-21-8-11-22-12-9-21/h4-7,14-16H,3,8-13H2,1-2H3. The van der Waals surface area contributed by atoms with E-state index in [-0.39, 0.29) is 0 Å². The van der Waals surface area contributed by atoms with Crippen LogP contribution in [0.1, 0.15) is 31.7 Å². The second-order valence-electron chi connectivity index (χ2n) is 6.35. The maximum atomic E-state index is 6.19. The minimum absolute atomic E-state index is 0.512. The molecule has 0 bridgehead atoms. The lowest BCUT2D eigenvalue weighted by atomic mass is 9.95. The van der Waals surface area contributed by atoms with Crippen molar-refractivity contribution < 1.29 is 9.47 Å². The molecule has 0 saturated carbocycles. The van der Waals surface area contributed by atoms with E-state index in [9.17, 15) is 0 Å². The van der Waals surface area contributed by atoms with Crippen LogP contribution in [0.15, 0.2) is 36.4 Å². The van der Waals surface area contributed by atoms with Crippen LogP contribution in [0, 0.1) is 0 Å². The van der Waals surface area contributed by atoms with Gasteiger partial charge in [0, 0.05) is 19.6 Å². The Labute approximate surface area is 139 Å². The lowest BCUT2D eigenvalue weighted by molar-refractivity contribution is 0.0322. The van der Waals surface area contributed by atoms with E-state index in [2.05, 4.69) is 55.1 Å². The third kappa shape index (κ3) is 4.04. The maximum Gasteiger partial charge on any atom is 0.123 e. The second-order valence-corrected chi connectivity index (χ2v) is 6.35. The summed E-state index contributed by atoms with van der Waals surface area (Å²) in [6.45, 7) is 9.93. The molecule has 0 aromatic heterocycles. The average molecular weight is 313 g/mol. The quantitative estimate of drug-likeness (QED) is 0.802. The summed E-state index contributed by atoms with van der Waals surface area (Å²) in [5.41, 5.74) is 1.33. The Hall–Kier alpha value is -1.58. The fraction of sp³-hybridized carbons (Fsp3) is 0.500. The highest BCUT2D eigenvalue weighted by Gasteiger charge is 2.14. The van der Waals surface area contributed by atoms with E-state index in [4.69, 9.17) is 9.47 Å². The van der Waals surface area contributed by atoms with Crippen LogP contribution in [0.25, 0.3) is 10.8 Å². The number of hydrogen-bond acceptors (Lipinski definition) is 3. The molecule has 1 aliphatic heterocycles. The maximum absolute atomic E-state index is 6.19. The molecule has 1 atom stereocenters. The highest BCUT2D eigenvalue weighted by molar-refractivity contribution is 5.85. The summed E-state index contributed by atoms with van der Waals surface area (Å²) in [6, 6.07) is 13.0. The van der Waals surface area contributed by atoms with E-state index in [1.807, 2.05) is 0 Å². The normalized spacial score (nSPS) is 17.3. The highest BCUT2D eigenvalue weighted by Crippen LogP contribution is 2.33. The molecule has 0 radical (unpaired) electrons. The molecule has 1 fully saturated rings. The summed E-state index contributed by atoms with van der Waals surface area (Å²) in [6.07, 6.45) is 1.12. The Morgan fingerprint density at radius 1 is 1.13 bits per heavy atom. The van der Waals surface area contributed by atoms with Gasteiger partial charge in [-0.1, -0.05) is 38.1 Å². The van der Waals surface area contributed by atoms with Crippen molar-refractivity contribution in [1.82, 2.24) is 4.90 Å². The van der Waals surface area contributed by atoms with Gasteiger partial charge in [0.25, 0.3) is 0 Å². The fourth-order valence-corrected chi connectivity index (χ4v) is 3.08. The largest absolute Gasteiger partial charge is 0.492 e. The Balaban J connectivity index is 1.74. The lowest BCUT2D eigenvalue weighted by Gasteiger charge is -2.26. The van der Waals surface area contributed by atoms with Crippen LogP contribution in [0.2, 0.25) is 0 Å². The molecule has 2 aromatic rings. The van der Waals surface area contributed by atoms with Crippen LogP contribution in [-0.4, -0.2) is 44.4 Å². The van der Waals surface area contributed by atoms with Gasteiger partial charge in [0.05, 0.1) is 13.2 Å². The third-order valence-corrected chi connectivity index (χ3v) is 4.79. The van der Waals surface area contributed by atoms with E-state index in [1.165, 1.54) is 16.3 Å². The number of rotatable bonds is 6. The Morgan fingerprint density at radius 2 is 1.83 bits per heavy atom. The van der Waals surface area contributed by atoms with Crippen LogP contribution >= 0.6 is 0 Å². The topological polar surface area (TPSA) is 21.7 Å². The smallest absolute Gasteiger partial charge is 0.123 e. The monoisotopic (exact) mass is 313 g/mol. The van der Waals surface area contributed by atoms with Gasteiger partial charge >= 0.3 is 0 Å². The molecule has 1 saturated heterocycles. The molecule has 124 valence electrons. The van der Waals surface area contributed by atoms with Crippen molar-refractivity contribution in [2.75, 3.05) is 39.5 Å². The van der Waals surface area contributed by atoms with Crippen LogP contribution in [0.3, 0.4) is 0 Å². The van der Waals surface area contributed by atoms with Gasteiger partial charge in [0.1, 0.15) is 12.4 Å². The van der Waals surface area contributed by atoms with Gasteiger partial charge in [-0.2, -0.15) is 0 Å².